The first kappa shape index (κ1) is 53.3. The van der Waals surface area contributed by atoms with Gasteiger partial charge < -0.3 is 9.97 Å². The Morgan fingerprint density at radius 2 is 0.493 bits per heavy atom. The molecule has 8 bridgehead atoms. The minimum atomic E-state index is 0. The Balaban J connectivity index is 0.00000711. The van der Waals surface area contributed by atoms with Crippen LogP contribution in [0.5, 0.6) is 0 Å². The SMILES string of the molecule is CCCCCCc1ccc(-c2c3nc(c(-c4ccc(CCCCCC)cc4)c4ccc([nH]4)c(-c4ccc(CCCCCC)cc4)c4nc(c(-c5ccc(CCCCCC)cc5)c5ccc2[nH]5)C=C4)C=C3)cc1.[Cu]. The van der Waals surface area contributed by atoms with Crippen molar-refractivity contribution in [3.63, 3.8) is 0 Å². The van der Waals surface area contributed by atoms with Crippen LogP contribution in [0.4, 0.5) is 0 Å². The van der Waals surface area contributed by atoms with Gasteiger partial charge in [0.2, 0.25) is 0 Å². The zero-order chi connectivity index (χ0) is 49.5. The topological polar surface area (TPSA) is 57.4 Å². The Morgan fingerprint density at radius 3 is 0.699 bits per heavy atom. The molecule has 2 aliphatic heterocycles. The molecule has 0 fully saturated rings. The second-order valence-electron chi connectivity index (χ2n) is 20.5. The molecule has 3 aromatic heterocycles. The molecule has 73 heavy (non-hydrogen) atoms. The van der Waals surface area contributed by atoms with E-state index in [1.165, 1.54) is 125 Å². The molecule has 0 unspecified atom stereocenters. The average molecular weight is 1010 g/mol. The largest absolute Gasteiger partial charge is 0.354 e. The molecule has 1 radical (unpaired) electrons. The Labute approximate surface area is 447 Å². The van der Waals surface area contributed by atoms with Crippen LogP contribution >= 0.6 is 0 Å². The van der Waals surface area contributed by atoms with E-state index < -0.39 is 0 Å². The van der Waals surface area contributed by atoms with Crippen LogP contribution in [0.15, 0.2) is 121 Å². The van der Waals surface area contributed by atoms with Crippen LogP contribution in [0.2, 0.25) is 0 Å². The zero-order valence-electron chi connectivity index (χ0n) is 44.2. The third-order valence-electron chi connectivity index (χ3n) is 15.0. The molecule has 0 saturated heterocycles. The van der Waals surface area contributed by atoms with Crippen molar-refractivity contribution < 1.29 is 17.1 Å². The van der Waals surface area contributed by atoms with Gasteiger partial charge in [-0.3, -0.25) is 0 Å². The van der Waals surface area contributed by atoms with Crippen LogP contribution in [0.3, 0.4) is 0 Å². The smallest absolute Gasteiger partial charge is 0.0737 e. The van der Waals surface area contributed by atoms with Gasteiger partial charge in [-0.2, -0.15) is 0 Å². The van der Waals surface area contributed by atoms with Gasteiger partial charge in [-0.1, -0.05) is 202 Å². The Kier molecular flexibility index (Phi) is 19.6. The molecular formula is C68H78CuN4. The van der Waals surface area contributed by atoms with Gasteiger partial charge in [0.15, 0.2) is 0 Å². The van der Waals surface area contributed by atoms with E-state index >= 15 is 0 Å². The number of hydrogen-bond donors (Lipinski definition) is 2. The normalized spacial score (nSPS) is 11.9. The first-order valence-corrected chi connectivity index (χ1v) is 28.1. The van der Waals surface area contributed by atoms with Crippen molar-refractivity contribution in [3.05, 3.63) is 166 Å². The predicted octanol–water partition coefficient (Wildman–Crippen LogP) is 19.8. The minimum absolute atomic E-state index is 0. The summed E-state index contributed by atoms with van der Waals surface area (Å²) in [7, 11) is 0. The van der Waals surface area contributed by atoms with E-state index in [-0.39, 0.29) is 17.1 Å². The number of fused-ring (bicyclic) bond motifs is 8. The summed E-state index contributed by atoms with van der Waals surface area (Å²) in [5.41, 5.74) is 22.4. The van der Waals surface area contributed by atoms with E-state index in [9.17, 15) is 0 Å². The van der Waals surface area contributed by atoms with Crippen LogP contribution in [0.1, 0.15) is 175 Å². The Bertz CT molecular complexity index is 2680. The van der Waals surface area contributed by atoms with Crippen LogP contribution in [0, 0.1) is 0 Å². The molecule has 4 aromatic carbocycles. The summed E-state index contributed by atoms with van der Waals surface area (Å²) in [6.07, 6.45) is 33.4. The van der Waals surface area contributed by atoms with Crippen molar-refractivity contribution in [1.82, 2.24) is 19.9 Å². The van der Waals surface area contributed by atoms with Gasteiger partial charge in [-0.25, -0.2) is 9.97 Å². The van der Waals surface area contributed by atoms with Crippen LogP contribution in [0.25, 0.3) is 90.9 Å². The van der Waals surface area contributed by atoms with Crippen molar-refractivity contribution in [3.8, 4) is 44.5 Å². The molecule has 0 amide bonds. The average Bonchev–Trinajstić information content (AvgIpc) is 4.27. The molecule has 0 spiro atoms. The van der Waals surface area contributed by atoms with E-state index in [0.29, 0.717) is 0 Å². The van der Waals surface area contributed by atoms with Crippen LogP contribution in [-0.4, -0.2) is 19.9 Å². The summed E-state index contributed by atoms with van der Waals surface area (Å²) in [6, 6.07) is 46.1. The monoisotopic (exact) mass is 1010 g/mol. The molecule has 5 heterocycles. The number of H-pyrrole nitrogens is 2. The Hall–Kier alpha value is -6.00. The fourth-order valence-electron chi connectivity index (χ4n) is 10.8. The molecule has 0 atom stereocenters. The number of aromatic amines is 2. The fraction of sp³-hybridized carbons (Fsp3) is 0.353. The summed E-state index contributed by atoms with van der Waals surface area (Å²) in [5, 5.41) is 0. The predicted molar refractivity (Wildman–Crippen MR) is 312 cm³/mol. The van der Waals surface area contributed by atoms with E-state index in [0.717, 1.165) is 115 Å². The number of nitrogens with one attached hydrogen (secondary N) is 2. The summed E-state index contributed by atoms with van der Waals surface area (Å²) < 4.78 is 0. The van der Waals surface area contributed by atoms with Crippen LogP contribution < -0.4 is 0 Å². The molecule has 2 N–H and O–H groups in total. The summed E-state index contributed by atoms with van der Waals surface area (Å²) in [5.74, 6) is 0. The maximum absolute atomic E-state index is 5.62. The van der Waals surface area contributed by atoms with E-state index in [1.807, 2.05) is 0 Å². The second kappa shape index (κ2) is 26.8. The molecule has 4 nitrogen and oxygen atoms in total. The number of nitrogens with zero attached hydrogens (tertiary/aromatic N) is 2. The number of aromatic nitrogens is 4. The first-order valence-electron chi connectivity index (χ1n) is 28.1. The van der Waals surface area contributed by atoms with Crippen molar-refractivity contribution in [2.75, 3.05) is 0 Å². The standard InChI is InChI=1S/C68H78N4.Cu/c1-5-9-13-17-21-49-25-33-53(34-26-49)65-57-41-43-59(69-57)66(54-35-27-50(28-36-54)22-18-14-10-6-2)61-45-47-63(71-61)68(56-39-31-52(32-40-56)24-20-16-12-8-4)64-48-46-62(72-64)67(60-44-42-58(65)70-60)55-37-29-51(30-38-55)23-19-15-11-7-3;/h25-48,69,72H,5-24H2,1-4H3;. The molecular weight excluding hydrogens is 936 g/mol. The molecule has 0 aliphatic carbocycles. The third kappa shape index (κ3) is 13.4. The van der Waals surface area contributed by atoms with Crippen molar-refractivity contribution in [2.45, 2.75) is 156 Å². The molecule has 9 rings (SSSR count). The molecule has 0 saturated carbocycles. The van der Waals surface area contributed by atoms with Gasteiger partial charge in [-0.05, 0) is 144 Å². The van der Waals surface area contributed by atoms with E-state index in [1.54, 1.807) is 0 Å². The number of hydrogen-bond acceptors (Lipinski definition) is 2. The van der Waals surface area contributed by atoms with Crippen molar-refractivity contribution in [1.29, 1.82) is 0 Å². The molecule has 381 valence electrons. The maximum Gasteiger partial charge on any atom is 0.0737 e. The Morgan fingerprint density at radius 1 is 0.274 bits per heavy atom. The maximum atomic E-state index is 5.62. The molecule has 7 aromatic rings. The minimum Gasteiger partial charge on any atom is -0.354 e. The van der Waals surface area contributed by atoms with Crippen molar-refractivity contribution >= 4 is 46.4 Å². The summed E-state index contributed by atoms with van der Waals surface area (Å²) >= 11 is 0. The first-order chi connectivity index (χ1) is 35.5. The van der Waals surface area contributed by atoms with Crippen LogP contribution in [-0.2, 0) is 42.8 Å². The van der Waals surface area contributed by atoms with Gasteiger partial charge >= 0.3 is 0 Å². The molecule has 2 aliphatic rings. The second-order valence-corrected chi connectivity index (χ2v) is 20.5. The number of rotatable bonds is 24. The van der Waals surface area contributed by atoms with E-state index in [4.69, 9.17) is 9.97 Å². The fourth-order valence-corrected chi connectivity index (χ4v) is 10.8. The van der Waals surface area contributed by atoms with Gasteiger partial charge in [0.1, 0.15) is 0 Å². The summed E-state index contributed by atoms with van der Waals surface area (Å²) in [6.45, 7) is 9.12. The van der Waals surface area contributed by atoms with Gasteiger partial charge in [0, 0.05) is 61.4 Å². The van der Waals surface area contributed by atoms with Gasteiger partial charge in [-0.15, -0.1) is 0 Å². The quantitative estimate of drug-likeness (QED) is 0.0468. The van der Waals surface area contributed by atoms with Gasteiger partial charge in [0.25, 0.3) is 0 Å². The number of unbranched alkanes of at least 4 members (excludes halogenated alkanes) is 12. The van der Waals surface area contributed by atoms with Gasteiger partial charge in [0.05, 0.1) is 22.8 Å². The third-order valence-corrected chi connectivity index (χ3v) is 15.0. The number of aryl methyl sites for hydroxylation is 4. The van der Waals surface area contributed by atoms with Crippen molar-refractivity contribution in [2.24, 2.45) is 0 Å². The summed E-state index contributed by atoms with van der Waals surface area (Å²) in [4.78, 5) is 19.2. The molecule has 5 heteroatoms. The van der Waals surface area contributed by atoms with E-state index in [2.05, 4.69) is 183 Å². The number of benzene rings is 4. The zero-order valence-corrected chi connectivity index (χ0v) is 45.1.